The van der Waals surface area contributed by atoms with E-state index in [1.165, 1.54) is 11.3 Å². The lowest BCUT2D eigenvalue weighted by Crippen LogP contribution is -2.12. The summed E-state index contributed by atoms with van der Waals surface area (Å²) >= 11 is 3.41. The van der Waals surface area contributed by atoms with E-state index in [4.69, 9.17) is 0 Å². The summed E-state index contributed by atoms with van der Waals surface area (Å²) in [5, 5.41) is 6.43. The van der Waals surface area contributed by atoms with Crippen LogP contribution in [-0.4, -0.2) is 11.2 Å². The van der Waals surface area contributed by atoms with Crippen molar-refractivity contribution >= 4 is 26.2 Å². The minimum atomic E-state index is 0.978. The second-order valence-corrected chi connectivity index (χ2v) is 4.05. The van der Waals surface area contributed by atoms with Gasteiger partial charge in [0.2, 0.25) is 0 Å². The van der Waals surface area contributed by atoms with Crippen LogP contribution in [0.3, 0.4) is 0 Å². The summed E-state index contributed by atoms with van der Waals surface area (Å²) in [5.41, 5.74) is 2.48. The van der Waals surface area contributed by atoms with E-state index in [2.05, 4.69) is 40.1 Å². The Bertz CT molecular complexity index is 347. The normalized spacial score (nSPS) is 16.2. The Morgan fingerprint density at radius 1 is 1.38 bits per heavy atom. The molecule has 0 saturated heterocycles. The average molecular weight is 239 g/mol. The van der Waals surface area contributed by atoms with Crippen LogP contribution < -0.4 is 5.01 Å². The smallest absolute Gasteiger partial charge is 0.105 e. The first-order valence-corrected chi connectivity index (χ1v) is 5.13. The van der Waals surface area contributed by atoms with Gasteiger partial charge in [-0.3, -0.25) is 5.01 Å². The standard InChI is InChI=1S/C10H11BrN2/c1-8-4-2-3-5-9(8)13-7-6-10(11)12-13/h2-5H,6-7H2,1H3. The zero-order chi connectivity index (χ0) is 9.26. The molecule has 68 valence electrons. The van der Waals surface area contributed by atoms with E-state index in [0.29, 0.717) is 0 Å². The van der Waals surface area contributed by atoms with Crippen LogP contribution in [0.2, 0.25) is 0 Å². The Labute approximate surface area is 86.4 Å². The maximum absolute atomic E-state index is 4.39. The SMILES string of the molecule is Cc1ccccc1N1CCC(Br)=N1. The van der Waals surface area contributed by atoms with Gasteiger partial charge in [0, 0.05) is 13.0 Å². The molecule has 0 fully saturated rings. The van der Waals surface area contributed by atoms with Crippen LogP contribution in [0.5, 0.6) is 0 Å². The topological polar surface area (TPSA) is 15.6 Å². The third-order valence-electron chi connectivity index (χ3n) is 2.15. The van der Waals surface area contributed by atoms with Crippen LogP contribution in [0.15, 0.2) is 29.4 Å². The van der Waals surface area contributed by atoms with E-state index in [-0.39, 0.29) is 0 Å². The Morgan fingerprint density at radius 3 is 2.77 bits per heavy atom. The molecule has 1 aromatic rings. The number of halogens is 1. The van der Waals surface area contributed by atoms with Crippen LogP contribution in [0, 0.1) is 6.92 Å². The van der Waals surface area contributed by atoms with Gasteiger partial charge in [-0.15, -0.1) is 0 Å². The molecule has 2 nitrogen and oxygen atoms in total. The number of benzene rings is 1. The van der Waals surface area contributed by atoms with Gasteiger partial charge in [0.25, 0.3) is 0 Å². The number of hydrazone groups is 1. The van der Waals surface area contributed by atoms with E-state index in [1.807, 2.05) is 17.1 Å². The first-order chi connectivity index (χ1) is 6.27. The molecule has 0 unspecified atom stereocenters. The molecule has 1 aromatic carbocycles. The first kappa shape index (κ1) is 8.75. The van der Waals surface area contributed by atoms with Crippen LogP contribution in [0.25, 0.3) is 0 Å². The molecule has 2 rings (SSSR count). The van der Waals surface area contributed by atoms with Gasteiger partial charge >= 0.3 is 0 Å². The molecule has 0 aromatic heterocycles. The molecule has 0 N–H and O–H groups in total. The summed E-state index contributed by atoms with van der Waals surface area (Å²) in [5.74, 6) is 0. The number of nitrogens with zero attached hydrogens (tertiary/aromatic N) is 2. The Balaban J connectivity index is 2.31. The first-order valence-electron chi connectivity index (χ1n) is 4.33. The largest absolute Gasteiger partial charge is 0.264 e. The monoisotopic (exact) mass is 238 g/mol. The fourth-order valence-electron chi connectivity index (χ4n) is 1.46. The van der Waals surface area contributed by atoms with Gasteiger partial charge in [-0.1, -0.05) is 18.2 Å². The van der Waals surface area contributed by atoms with E-state index >= 15 is 0 Å². The maximum Gasteiger partial charge on any atom is 0.105 e. The van der Waals surface area contributed by atoms with E-state index in [0.717, 1.165) is 17.6 Å². The molecule has 0 amide bonds. The molecule has 1 aliphatic heterocycles. The van der Waals surface area contributed by atoms with Crippen LogP contribution in [-0.2, 0) is 0 Å². The summed E-state index contributed by atoms with van der Waals surface area (Å²) in [6, 6.07) is 8.30. The molecule has 0 bridgehead atoms. The van der Waals surface area contributed by atoms with E-state index in [1.54, 1.807) is 0 Å². The molecule has 0 radical (unpaired) electrons. The molecular formula is C10H11BrN2. The van der Waals surface area contributed by atoms with Gasteiger partial charge in [0.05, 0.1) is 5.69 Å². The lowest BCUT2D eigenvalue weighted by atomic mass is 10.2. The Hall–Kier alpha value is -0.830. The van der Waals surface area contributed by atoms with Crippen molar-refractivity contribution in [2.45, 2.75) is 13.3 Å². The second-order valence-electron chi connectivity index (χ2n) is 3.14. The number of rotatable bonds is 1. The van der Waals surface area contributed by atoms with Crippen molar-refractivity contribution in [1.29, 1.82) is 0 Å². The number of para-hydroxylation sites is 1. The molecule has 0 atom stereocenters. The third-order valence-corrected chi connectivity index (χ3v) is 2.71. The summed E-state index contributed by atoms with van der Waals surface area (Å²) < 4.78 is 1.04. The number of aryl methyl sites for hydroxylation is 1. The lowest BCUT2D eigenvalue weighted by molar-refractivity contribution is 0.916. The van der Waals surface area contributed by atoms with Gasteiger partial charge in [-0.05, 0) is 34.5 Å². The highest BCUT2D eigenvalue weighted by Gasteiger charge is 2.14. The van der Waals surface area contributed by atoms with Crippen molar-refractivity contribution < 1.29 is 0 Å². The van der Waals surface area contributed by atoms with Gasteiger partial charge in [-0.2, -0.15) is 5.10 Å². The van der Waals surface area contributed by atoms with Crippen molar-refractivity contribution in [2.24, 2.45) is 5.10 Å². The molecule has 1 aliphatic rings. The Kier molecular flexibility index (Phi) is 2.36. The Morgan fingerprint density at radius 2 is 2.15 bits per heavy atom. The zero-order valence-corrected chi connectivity index (χ0v) is 9.08. The molecule has 13 heavy (non-hydrogen) atoms. The lowest BCUT2D eigenvalue weighted by Gasteiger charge is -2.15. The minimum Gasteiger partial charge on any atom is -0.264 e. The van der Waals surface area contributed by atoms with Crippen molar-refractivity contribution in [3.05, 3.63) is 29.8 Å². The fourth-order valence-corrected chi connectivity index (χ4v) is 1.83. The molecule has 3 heteroatoms. The second kappa shape index (κ2) is 3.50. The number of anilines is 1. The summed E-state index contributed by atoms with van der Waals surface area (Å²) in [6.07, 6.45) is 1.01. The van der Waals surface area contributed by atoms with E-state index in [9.17, 15) is 0 Å². The molecule has 0 spiro atoms. The van der Waals surface area contributed by atoms with Crippen molar-refractivity contribution in [2.75, 3.05) is 11.6 Å². The summed E-state index contributed by atoms with van der Waals surface area (Å²) in [4.78, 5) is 0. The fraction of sp³-hybridized carbons (Fsp3) is 0.300. The summed E-state index contributed by atoms with van der Waals surface area (Å²) in [7, 11) is 0. The molecule has 0 saturated carbocycles. The molecular weight excluding hydrogens is 228 g/mol. The predicted octanol–water partition coefficient (Wildman–Crippen LogP) is 2.91. The van der Waals surface area contributed by atoms with Gasteiger partial charge in [0.1, 0.15) is 4.62 Å². The van der Waals surface area contributed by atoms with Crippen molar-refractivity contribution in [3.8, 4) is 0 Å². The van der Waals surface area contributed by atoms with E-state index < -0.39 is 0 Å². The number of hydrogen-bond donors (Lipinski definition) is 0. The van der Waals surface area contributed by atoms with Gasteiger partial charge in [0.15, 0.2) is 0 Å². The van der Waals surface area contributed by atoms with Gasteiger partial charge < -0.3 is 0 Å². The molecule has 0 aliphatic carbocycles. The highest BCUT2D eigenvalue weighted by Crippen LogP contribution is 2.23. The van der Waals surface area contributed by atoms with Gasteiger partial charge in [-0.25, -0.2) is 0 Å². The molecule has 1 heterocycles. The van der Waals surface area contributed by atoms with Crippen LogP contribution >= 0.6 is 15.9 Å². The maximum atomic E-state index is 4.39. The quantitative estimate of drug-likeness (QED) is 0.735. The third kappa shape index (κ3) is 1.75. The van der Waals surface area contributed by atoms with Crippen molar-refractivity contribution in [3.63, 3.8) is 0 Å². The minimum absolute atomic E-state index is 0.978. The predicted molar refractivity (Wildman–Crippen MR) is 59.5 cm³/mol. The summed E-state index contributed by atoms with van der Waals surface area (Å²) in [6.45, 7) is 3.09. The zero-order valence-electron chi connectivity index (χ0n) is 7.50. The highest BCUT2D eigenvalue weighted by molar-refractivity contribution is 9.18. The highest BCUT2D eigenvalue weighted by atomic mass is 79.9. The van der Waals surface area contributed by atoms with Crippen LogP contribution in [0.4, 0.5) is 5.69 Å². The average Bonchev–Trinajstić information content (AvgIpc) is 2.53. The number of hydrogen-bond acceptors (Lipinski definition) is 2. The van der Waals surface area contributed by atoms with Crippen LogP contribution in [0.1, 0.15) is 12.0 Å². The van der Waals surface area contributed by atoms with Crippen molar-refractivity contribution in [1.82, 2.24) is 0 Å².